The fraction of sp³-hybridized carbons (Fsp3) is 0.158. The summed E-state index contributed by atoms with van der Waals surface area (Å²) in [4.78, 5) is 37.6. The van der Waals surface area contributed by atoms with Crippen molar-refractivity contribution in [1.82, 2.24) is 4.57 Å². The van der Waals surface area contributed by atoms with E-state index in [0.29, 0.717) is 33.7 Å². The van der Waals surface area contributed by atoms with Gasteiger partial charge in [-0.2, -0.15) is 4.99 Å². The quantitative estimate of drug-likeness (QED) is 0.322. The molecule has 0 aliphatic rings. The molecule has 0 atom stereocenters. The molecule has 0 N–H and O–H groups in total. The number of non-ortho nitro benzene ring substituents is 2. The third-order valence-electron chi connectivity index (χ3n) is 4.12. The number of nitrogens with zero attached hydrogens (tertiary/aromatic N) is 4. The van der Waals surface area contributed by atoms with E-state index >= 15 is 0 Å². The summed E-state index contributed by atoms with van der Waals surface area (Å²) < 4.78 is 7.50. The Morgan fingerprint density at radius 2 is 1.80 bits per heavy atom. The smallest absolute Gasteiger partial charge is 0.272 e. The largest absolute Gasteiger partial charge is 0.383 e. The zero-order valence-electron chi connectivity index (χ0n) is 15.8. The lowest BCUT2D eigenvalue weighted by atomic mass is 10.2. The van der Waals surface area contributed by atoms with Crippen molar-refractivity contribution in [3.63, 3.8) is 0 Å². The Morgan fingerprint density at radius 3 is 2.43 bits per heavy atom. The third-order valence-corrected chi connectivity index (χ3v) is 5.17. The number of carbonyl (C=O) groups is 1. The van der Waals surface area contributed by atoms with Gasteiger partial charge >= 0.3 is 0 Å². The summed E-state index contributed by atoms with van der Waals surface area (Å²) in [5, 5.41) is 21.7. The topological polar surface area (TPSA) is 130 Å². The van der Waals surface area contributed by atoms with Crippen LogP contribution in [0.3, 0.4) is 0 Å². The lowest BCUT2D eigenvalue weighted by Gasteiger charge is -2.03. The zero-order valence-corrected chi connectivity index (χ0v) is 16.6. The van der Waals surface area contributed by atoms with E-state index in [1.807, 2.05) is 0 Å². The molecule has 0 spiro atoms. The Morgan fingerprint density at radius 1 is 1.13 bits per heavy atom. The van der Waals surface area contributed by atoms with Gasteiger partial charge in [-0.05, 0) is 29.8 Å². The summed E-state index contributed by atoms with van der Waals surface area (Å²) in [6, 6.07) is 10.2. The van der Waals surface area contributed by atoms with Crippen LogP contribution in [0.5, 0.6) is 0 Å². The van der Waals surface area contributed by atoms with E-state index in [2.05, 4.69) is 4.99 Å². The van der Waals surface area contributed by atoms with Crippen LogP contribution in [-0.4, -0.2) is 34.0 Å². The van der Waals surface area contributed by atoms with Crippen molar-refractivity contribution in [2.24, 2.45) is 4.99 Å². The predicted octanol–water partition coefficient (Wildman–Crippen LogP) is 3.31. The average Bonchev–Trinajstić information content (AvgIpc) is 3.06. The number of carbonyl (C=O) groups excluding carboxylic acids is 1. The van der Waals surface area contributed by atoms with Crippen molar-refractivity contribution in [2.75, 3.05) is 13.7 Å². The molecule has 1 amide bonds. The number of nitro benzene ring substituents is 2. The van der Waals surface area contributed by atoms with E-state index in [0.717, 1.165) is 0 Å². The molecule has 10 nitrogen and oxygen atoms in total. The molecule has 0 saturated heterocycles. The molecule has 0 radical (unpaired) electrons. The Kier molecular flexibility index (Phi) is 6.45. The maximum Gasteiger partial charge on any atom is 0.272 e. The molecule has 30 heavy (non-hydrogen) atoms. The second-order valence-electron chi connectivity index (χ2n) is 6.07. The minimum Gasteiger partial charge on any atom is -0.383 e. The predicted molar refractivity (Wildman–Crippen MR) is 111 cm³/mol. The molecule has 154 valence electrons. The van der Waals surface area contributed by atoms with Crippen molar-refractivity contribution >= 4 is 44.9 Å². The number of benzene rings is 2. The fourth-order valence-corrected chi connectivity index (χ4v) is 3.76. The van der Waals surface area contributed by atoms with E-state index in [1.165, 1.54) is 59.9 Å². The minimum atomic E-state index is -0.527. The maximum absolute atomic E-state index is 12.3. The van der Waals surface area contributed by atoms with Crippen LogP contribution in [0, 0.1) is 20.2 Å². The van der Waals surface area contributed by atoms with Crippen molar-refractivity contribution in [2.45, 2.75) is 6.54 Å². The van der Waals surface area contributed by atoms with Gasteiger partial charge in [0, 0.05) is 44.0 Å². The molecule has 0 bridgehead atoms. The summed E-state index contributed by atoms with van der Waals surface area (Å²) >= 11 is 1.17. The van der Waals surface area contributed by atoms with Crippen LogP contribution in [0.4, 0.5) is 11.4 Å². The van der Waals surface area contributed by atoms with Crippen molar-refractivity contribution in [1.29, 1.82) is 0 Å². The molecular formula is C19H16N4O6S. The first-order valence-electron chi connectivity index (χ1n) is 8.67. The van der Waals surface area contributed by atoms with Gasteiger partial charge in [-0.3, -0.25) is 25.0 Å². The summed E-state index contributed by atoms with van der Waals surface area (Å²) in [5.41, 5.74) is 1.25. The number of aromatic nitrogens is 1. The molecule has 3 rings (SSSR count). The van der Waals surface area contributed by atoms with Gasteiger partial charge in [0.2, 0.25) is 0 Å². The van der Waals surface area contributed by atoms with Gasteiger partial charge in [0.05, 0.1) is 26.7 Å². The molecule has 0 fully saturated rings. The monoisotopic (exact) mass is 428 g/mol. The number of hydrogen-bond acceptors (Lipinski definition) is 7. The number of fused-ring (bicyclic) bond motifs is 1. The summed E-state index contributed by atoms with van der Waals surface area (Å²) in [5.74, 6) is -0.527. The van der Waals surface area contributed by atoms with Gasteiger partial charge in [0.25, 0.3) is 17.3 Å². The van der Waals surface area contributed by atoms with E-state index in [9.17, 15) is 25.0 Å². The molecule has 0 aliphatic carbocycles. The van der Waals surface area contributed by atoms with E-state index in [-0.39, 0.29) is 11.4 Å². The van der Waals surface area contributed by atoms with Crippen molar-refractivity contribution in [3.8, 4) is 0 Å². The first-order valence-corrected chi connectivity index (χ1v) is 9.48. The van der Waals surface area contributed by atoms with Gasteiger partial charge in [-0.15, -0.1) is 0 Å². The van der Waals surface area contributed by atoms with E-state index in [4.69, 9.17) is 4.74 Å². The average molecular weight is 428 g/mol. The maximum atomic E-state index is 12.3. The van der Waals surface area contributed by atoms with Gasteiger partial charge in [-0.25, -0.2) is 0 Å². The van der Waals surface area contributed by atoms with E-state index < -0.39 is 15.8 Å². The molecule has 0 saturated carbocycles. The number of methoxy groups -OCH3 is 1. The molecule has 1 aromatic heterocycles. The molecule has 0 aliphatic heterocycles. The lowest BCUT2D eigenvalue weighted by molar-refractivity contribution is -0.385. The summed E-state index contributed by atoms with van der Waals surface area (Å²) in [6.45, 7) is 0.801. The number of rotatable bonds is 7. The van der Waals surface area contributed by atoms with Crippen LogP contribution in [0.15, 0.2) is 53.5 Å². The van der Waals surface area contributed by atoms with E-state index in [1.54, 1.807) is 17.7 Å². The second-order valence-corrected chi connectivity index (χ2v) is 7.08. The van der Waals surface area contributed by atoms with Crippen LogP contribution in [0.2, 0.25) is 0 Å². The lowest BCUT2D eigenvalue weighted by Crippen LogP contribution is -2.18. The highest BCUT2D eigenvalue weighted by Crippen LogP contribution is 2.23. The van der Waals surface area contributed by atoms with Crippen LogP contribution >= 0.6 is 11.3 Å². The number of hydrogen-bond donors (Lipinski definition) is 0. The van der Waals surface area contributed by atoms with Crippen LogP contribution < -0.4 is 4.80 Å². The number of nitro groups is 2. The molecule has 3 aromatic rings. The molecule has 0 unspecified atom stereocenters. The Labute approximate surface area is 173 Å². The number of amides is 1. The summed E-state index contributed by atoms with van der Waals surface area (Å²) in [6.07, 6.45) is 2.77. The van der Waals surface area contributed by atoms with Crippen LogP contribution in [-0.2, 0) is 16.1 Å². The summed E-state index contributed by atoms with van der Waals surface area (Å²) in [7, 11) is 1.55. The minimum absolute atomic E-state index is 0.0401. The van der Waals surface area contributed by atoms with Crippen LogP contribution in [0.1, 0.15) is 5.56 Å². The van der Waals surface area contributed by atoms with Gasteiger partial charge in [-0.1, -0.05) is 11.3 Å². The molecule has 1 heterocycles. The first-order chi connectivity index (χ1) is 14.4. The standard InChI is InChI=1S/C19H16N4O6S/c1-29-11-10-21-16-8-7-15(23(27)28)12-17(16)30-19(21)20-18(24)9-4-13-2-5-14(6-3-13)22(25)26/h2-9,12H,10-11H2,1H3/b9-4-,20-19?. The van der Waals surface area contributed by atoms with Gasteiger partial charge in [0.15, 0.2) is 4.80 Å². The highest BCUT2D eigenvalue weighted by Gasteiger charge is 2.12. The van der Waals surface area contributed by atoms with Crippen LogP contribution in [0.25, 0.3) is 16.3 Å². The fourth-order valence-electron chi connectivity index (χ4n) is 2.67. The Balaban J connectivity index is 1.93. The van der Waals surface area contributed by atoms with Gasteiger partial charge < -0.3 is 9.30 Å². The zero-order chi connectivity index (χ0) is 21.7. The highest BCUT2D eigenvalue weighted by atomic mass is 32.1. The second kappa shape index (κ2) is 9.20. The SMILES string of the molecule is COCCn1c(=NC(=O)/C=C\c2ccc([N+](=O)[O-])cc2)sc2cc([N+](=O)[O-])ccc21. The molecular weight excluding hydrogens is 412 g/mol. The van der Waals surface area contributed by atoms with Gasteiger partial charge in [0.1, 0.15) is 0 Å². The van der Waals surface area contributed by atoms with Crippen molar-refractivity contribution < 1.29 is 19.4 Å². The number of thiazole rings is 1. The Hall–Kier alpha value is -3.70. The Bertz CT molecular complexity index is 1210. The van der Waals surface area contributed by atoms with Crippen molar-refractivity contribution in [3.05, 3.63) is 79.1 Å². The highest BCUT2D eigenvalue weighted by molar-refractivity contribution is 7.16. The first kappa shape index (κ1) is 21.0. The molecule has 2 aromatic carbocycles. The number of ether oxygens (including phenoxy) is 1. The normalized spacial score (nSPS) is 12.0. The molecule has 11 heteroatoms. The third kappa shape index (κ3) is 4.82.